The first-order chi connectivity index (χ1) is 5.96. The standard InChI is InChI=1S/C9H16N2OS/c1-7(12)11-5-3-9(2,4-6-11)8(10)13/h3-6H2,1-2H3,(H2,10,13). The highest BCUT2D eigenvalue weighted by Gasteiger charge is 2.33. The molecule has 4 heteroatoms. The molecule has 2 N–H and O–H groups in total. The summed E-state index contributed by atoms with van der Waals surface area (Å²) in [6.45, 7) is 5.24. The van der Waals surface area contributed by atoms with Gasteiger partial charge in [-0.15, -0.1) is 0 Å². The average Bonchev–Trinajstić information content (AvgIpc) is 2.04. The smallest absolute Gasteiger partial charge is 0.219 e. The highest BCUT2D eigenvalue weighted by molar-refractivity contribution is 7.80. The fourth-order valence-electron chi connectivity index (χ4n) is 1.56. The molecule has 1 fully saturated rings. The Hall–Kier alpha value is -0.640. The molecule has 0 unspecified atom stereocenters. The Labute approximate surface area is 84.3 Å². The van der Waals surface area contributed by atoms with Gasteiger partial charge in [-0.25, -0.2) is 0 Å². The Morgan fingerprint density at radius 2 is 1.92 bits per heavy atom. The zero-order valence-corrected chi connectivity index (χ0v) is 8.99. The van der Waals surface area contributed by atoms with Crippen molar-refractivity contribution in [3.8, 4) is 0 Å². The maximum atomic E-state index is 11.0. The van der Waals surface area contributed by atoms with Crippen LogP contribution >= 0.6 is 12.2 Å². The number of nitrogens with two attached hydrogens (primary N) is 1. The van der Waals surface area contributed by atoms with Crippen molar-refractivity contribution in [2.45, 2.75) is 26.7 Å². The topological polar surface area (TPSA) is 46.3 Å². The molecular formula is C9H16N2OS. The highest BCUT2D eigenvalue weighted by Crippen LogP contribution is 2.30. The average molecular weight is 200 g/mol. The summed E-state index contributed by atoms with van der Waals surface area (Å²) in [5.74, 6) is 0.144. The highest BCUT2D eigenvalue weighted by atomic mass is 32.1. The third-order valence-corrected chi connectivity index (χ3v) is 3.40. The van der Waals surface area contributed by atoms with E-state index in [0.717, 1.165) is 25.9 Å². The number of nitrogens with zero attached hydrogens (tertiary/aromatic N) is 1. The summed E-state index contributed by atoms with van der Waals surface area (Å²) in [5.41, 5.74) is 5.61. The number of thiocarbonyl (C=S) groups is 1. The number of hydrogen-bond acceptors (Lipinski definition) is 2. The van der Waals surface area contributed by atoms with Gasteiger partial charge in [0, 0.05) is 25.4 Å². The lowest BCUT2D eigenvalue weighted by molar-refractivity contribution is -0.130. The lowest BCUT2D eigenvalue weighted by Crippen LogP contribution is -2.46. The van der Waals surface area contributed by atoms with Gasteiger partial charge in [0.2, 0.25) is 5.91 Å². The van der Waals surface area contributed by atoms with E-state index in [1.807, 2.05) is 4.90 Å². The van der Waals surface area contributed by atoms with Crippen LogP contribution in [-0.4, -0.2) is 28.9 Å². The van der Waals surface area contributed by atoms with Gasteiger partial charge in [0.25, 0.3) is 0 Å². The minimum Gasteiger partial charge on any atom is -0.393 e. The summed E-state index contributed by atoms with van der Waals surface area (Å²) < 4.78 is 0. The van der Waals surface area contributed by atoms with Gasteiger partial charge in [-0.05, 0) is 12.8 Å². The first-order valence-corrected chi connectivity index (χ1v) is 4.92. The largest absolute Gasteiger partial charge is 0.393 e. The first kappa shape index (κ1) is 10.4. The summed E-state index contributed by atoms with van der Waals surface area (Å²) >= 11 is 5.01. The Kier molecular flexibility index (Phi) is 2.91. The number of rotatable bonds is 1. The van der Waals surface area contributed by atoms with Crippen LogP contribution in [0, 0.1) is 5.41 Å². The van der Waals surface area contributed by atoms with E-state index in [4.69, 9.17) is 18.0 Å². The Morgan fingerprint density at radius 1 is 1.46 bits per heavy atom. The van der Waals surface area contributed by atoms with Crippen molar-refractivity contribution in [1.82, 2.24) is 4.90 Å². The minimum absolute atomic E-state index is 0.0404. The second-order valence-corrected chi connectivity index (χ2v) is 4.37. The van der Waals surface area contributed by atoms with Crippen LogP contribution in [0.1, 0.15) is 26.7 Å². The molecule has 1 aliphatic heterocycles. The van der Waals surface area contributed by atoms with Crippen LogP contribution in [0.2, 0.25) is 0 Å². The van der Waals surface area contributed by atoms with Gasteiger partial charge in [0.1, 0.15) is 0 Å². The van der Waals surface area contributed by atoms with Gasteiger partial charge >= 0.3 is 0 Å². The molecule has 0 spiro atoms. The van der Waals surface area contributed by atoms with E-state index in [1.165, 1.54) is 0 Å². The molecule has 1 aliphatic rings. The number of hydrogen-bond donors (Lipinski definition) is 1. The maximum Gasteiger partial charge on any atom is 0.219 e. The second kappa shape index (κ2) is 3.62. The van der Waals surface area contributed by atoms with E-state index in [0.29, 0.717) is 4.99 Å². The molecule has 0 aliphatic carbocycles. The van der Waals surface area contributed by atoms with E-state index >= 15 is 0 Å². The molecule has 0 bridgehead atoms. The number of carbonyl (C=O) groups is 1. The Bertz CT molecular complexity index is 232. The van der Waals surface area contributed by atoms with E-state index < -0.39 is 0 Å². The van der Waals surface area contributed by atoms with Crippen molar-refractivity contribution in [1.29, 1.82) is 0 Å². The van der Waals surface area contributed by atoms with Gasteiger partial charge in [0.05, 0.1) is 4.99 Å². The van der Waals surface area contributed by atoms with Crippen LogP contribution in [0.4, 0.5) is 0 Å². The quantitative estimate of drug-likeness (QED) is 0.640. The fraction of sp³-hybridized carbons (Fsp3) is 0.778. The Balaban J connectivity index is 2.56. The van der Waals surface area contributed by atoms with Gasteiger partial charge in [-0.2, -0.15) is 0 Å². The molecule has 1 heterocycles. The Morgan fingerprint density at radius 3 is 2.23 bits per heavy atom. The van der Waals surface area contributed by atoms with Crippen molar-refractivity contribution in [3.05, 3.63) is 0 Å². The number of piperidine rings is 1. The lowest BCUT2D eigenvalue weighted by atomic mass is 9.80. The molecule has 0 radical (unpaired) electrons. The summed E-state index contributed by atoms with van der Waals surface area (Å²) in [4.78, 5) is 13.5. The molecule has 0 saturated carbocycles. The zero-order chi connectivity index (χ0) is 10.1. The summed E-state index contributed by atoms with van der Waals surface area (Å²) in [6.07, 6.45) is 1.78. The molecule has 13 heavy (non-hydrogen) atoms. The molecule has 0 atom stereocenters. The summed E-state index contributed by atoms with van der Waals surface area (Å²) in [7, 11) is 0. The van der Waals surface area contributed by atoms with Crippen molar-refractivity contribution in [3.63, 3.8) is 0 Å². The molecular weight excluding hydrogens is 184 g/mol. The molecule has 1 amide bonds. The number of carbonyl (C=O) groups excluding carboxylic acids is 1. The molecule has 0 aromatic carbocycles. The van der Waals surface area contributed by atoms with Crippen molar-refractivity contribution in [2.24, 2.45) is 11.1 Å². The van der Waals surface area contributed by atoms with E-state index in [2.05, 4.69) is 6.92 Å². The summed E-state index contributed by atoms with van der Waals surface area (Å²) in [6, 6.07) is 0. The molecule has 0 aromatic heterocycles. The van der Waals surface area contributed by atoms with Crippen molar-refractivity contribution >= 4 is 23.1 Å². The summed E-state index contributed by atoms with van der Waals surface area (Å²) in [5, 5.41) is 0. The van der Waals surface area contributed by atoms with E-state index in [1.54, 1.807) is 6.92 Å². The van der Waals surface area contributed by atoms with Crippen LogP contribution < -0.4 is 5.73 Å². The SMILES string of the molecule is CC(=O)N1CCC(C)(C(N)=S)CC1. The molecule has 1 saturated heterocycles. The molecule has 74 valence electrons. The monoisotopic (exact) mass is 200 g/mol. The van der Waals surface area contributed by atoms with Crippen LogP contribution in [0.15, 0.2) is 0 Å². The predicted molar refractivity (Wildman–Crippen MR) is 56.4 cm³/mol. The van der Waals surface area contributed by atoms with Crippen molar-refractivity contribution in [2.75, 3.05) is 13.1 Å². The second-order valence-electron chi connectivity index (χ2n) is 3.93. The van der Waals surface area contributed by atoms with Crippen LogP contribution in [0.3, 0.4) is 0 Å². The fourth-order valence-corrected chi connectivity index (χ4v) is 1.77. The number of likely N-dealkylation sites (tertiary alicyclic amines) is 1. The normalized spacial score (nSPS) is 21.2. The third-order valence-electron chi connectivity index (χ3n) is 2.91. The third kappa shape index (κ3) is 2.18. The van der Waals surface area contributed by atoms with E-state index in [-0.39, 0.29) is 11.3 Å². The van der Waals surface area contributed by atoms with Gasteiger partial charge in [-0.1, -0.05) is 19.1 Å². The van der Waals surface area contributed by atoms with Crippen LogP contribution in [-0.2, 0) is 4.79 Å². The van der Waals surface area contributed by atoms with E-state index in [9.17, 15) is 4.79 Å². The molecule has 0 aromatic rings. The molecule has 1 rings (SSSR count). The van der Waals surface area contributed by atoms with Crippen LogP contribution in [0.25, 0.3) is 0 Å². The lowest BCUT2D eigenvalue weighted by Gasteiger charge is -2.38. The first-order valence-electron chi connectivity index (χ1n) is 4.51. The van der Waals surface area contributed by atoms with Gasteiger partial charge in [-0.3, -0.25) is 4.79 Å². The van der Waals surface area contributed by atoms with Crippen LogP contribution in [0.5, 0.6) is 0 Å². The maximum absolute atomic E-state index is 11.0. The zero-order valence-electron chi connectivity index (χ0n) is 8.17. The number of amides is 1. The van der Waals surface area contributed by atoms with Crippen molar-refractivity contribution < 1.29 is 4.79 Å². The molecule has 3 nitrogen and oxygen atoms in total. The van der Waals surface area contributed by atoms with Gasteiger partial charge < -0.3 is 10.6 Å². The minimum atomic E-state index is -0.0404. The predicted octanol–water partition coefficient (Wildman–Crippen LogP) is 0.921. The van der Waals surface area contributed by atoms with Gasteiger partial charge in [0.15, 0.2) is 0 Å².